The van der Waals surface area contributed by atoms with Crippen LogP contribution in [-0.2, 0) is 15.9 Å². The third-order valence-electron chi connectivity index (χ3n) is 5.15. The van der Waals surface area contributed by atoms with E-state index in [0.717, 1.165) is 12.0 Å². The second-order valence-electron chi connectivity index (χ2n) is 6.99. The van der Waals surface area contributed by atoms with Gasteiger partial charge in [-0.3, -0.25) is 4.79 Å². The van der Waals surface area contributed by atoms with Crippen molar-refractivity contribution in [2.75, 3.05) is 38.2 Å². The summed E-state index contributed by atoms with van der Waals surface area (Å²) in [5.74, 6) is -0.270. The average molecular weight is 386 g/mol. The maximum absolute atomic E-state index is 13.0. The van der Waals surface area contributed by atoms with Gasteiger partial charge in [0.05, 0.1) is 13.2 Å². The fourth-order valence-electron chi connectivity index (χ4n) is 3.56. The highest BCUT2D eigenvalue weighted by atomic mass is 19.1. The number of carbonyl (C=O) groups excluding carboxylic acids is 1. The number of anilines is 1. The Bertz CT molecular complexity index is 814. The van der Waals surface area contributed by atoms with E-state index in [1.807, 2.05) is 0 Å². The molecule has 8 heteroatoms. The quantitative estimate of drug-likeness (QED) is 0.849. The van der Waals surface area contributed by atoms with Gasteiger partial charge < -0.3 is 19.7 Å². The van der Waals surface area contributed by atoms with Gasteiger partial charge in [-0.2, -0.15) is 0 Å². The third kappa shape index (κ3) is 4.28. The number of carbonyl (C=O) groups is 1. The lowest BCUT2D eigenvalue weighted by Crippen LogP contribution is -2.47. The summed E-state index contributed by atoms with van der Waals surface area (Å²) in [6, 6.07) is 8.07. The first-order chi connectivity index (χ1) is 13.6. The van der Waals surface area contributed by atoms with Gasteiger partial charge in [-0.15, -0.1) is 0 Å². The molecular weight excluding hydrogens is 363 g/mol. The van der Waals surface area contributed by atoms with Crippen molar-refractivity contribution in [3.05, 3.63) is 53.7 Å². The van der Waals surface area contributed by atoms with Crippen LogP contribution in [0.5, 0.6) is 0 Å². The van der Waals surface area contributed by atoms with Crippen LogP contribution in [-0.4, -0.2) is 59.4 Å². The van der Waals surface area contributed by atoms with Crippen LogP contribution >= 0.6 is 0 Å². The Labute approximate surface area is 162 Å². The Balaban J connectivity index is 1.31. The van der Waals surface area contributed by atoms with Crippen molar-refractivity contribution < 1.29 is 18.7 Å². The van der Waals surface area contributed by atoms with Gasteiger partial charge in [0.2, 0.25) is 0 Å². The van der Waals surface area contributed by atoms with Gasteiger partial charge in [0, 0.05) is 38.5 Å². The number of piperidine rings is 1. The molecule has 0 aliphatic carbocycles. The lowest BCUT2D eigenvalue weighted by atomic mass is 10.0. The number of nitrogens with one attached hydrogen (secondary N) is 1. The molecule has 2 fully saturated rings. The van der Waals surface area contributed by atoms with Crippen LogP contribution in [0.3, 0.4) is 0 Å². The van der Waals surface area contributed by atoms with E-state index in [9.17, 15) is 9.18 Å². The summed E-state index contributed by atoms with van der Waals surface area (Å²) in [4.78, 5) is 22.9. The first kappa shape index (κ1) is 18.8. The minimum atomic E-state index is -0.504. The Kier molecular flexibility index (Phi) is 5.50. The molecule has 1 amide bonds. The first-order valence-corrected chi connectivity index (χ1v) is 9.51. The SMILES string of the molecule is O=C(c1cc(NCCc2ccc(F)cc2)ncn1)N1CCC2(CC1)OCCO2. The predicted octanol–water partition coefficient (Wildman–Crippen LogP) is 2.25. The number of ether oxygens (including phenoxy) is 2. The maximum atomic E-state index is 13.0. The van der Waals surface area contributed by atoms with Gasteiger partial charge in [-0.25, -0.2) is 14.4 Å². The Morgan fingerprint density at radius 2 is 1.86 bits per heavy atom. The van der Waals surface area contributed by atoms with Gasteiger partial charge in [0.1, 0.15) is 23.7 Å². The number of aromatic nitrogens is 2. The van der Waals surface area contributed by atoms with Crippen molar-refractivity contribution in [3.63, 3.8) is 0 Å². The molecule has 1 aromatic carbocycles. The molecule has 1 aromatic heterocycles. The Morgan fingerprint density at radius 1 is 1.14 bits per heavy atom. The molecule has 3 heterocycles. The zero-order chi connectivity index (χ0) is 19.4. The second kappa shape index (κ2) is 8.20. The van der Waals surface area contributed by atoms with Gasteiger partial charge in [0.15, 0.2) is 5.79 Å². The summed E-state index contributed by atoms with van der Waals surface area (Å²) in [6.45, 7) is 3.02. The number of amides is 1. The highest BCUT2D eigenvalue weighted by molar-refractivity contribution is 5.93. The smallest absolute Gasteiger partial charge is 0.272 e. The van der Waals surface area contributed by atoms with Gasteiger partial charge >= 0.3 is 0 Å². The van der Waals surface area contributed by atoms with Crippen molar-refractivity contribution in [1.29, 1.82) is 0 Å². The summed E-state index contributed by atoms with van der Waals surface area (Å²) in [6.07, 6.45) is 3.46. The molecule has 148 valence electrons. The molecule has 0 saturated carbocycles. The van der Waals surface area contributed by atoms with Crippen LogP contribution in [0.1, 0.15) is 28.9 Å². The minimum absolute atomic E-state index is 0.114. The highest BCUT2D eigenvalue weighted by Crippen LogP contribution is 2.31. The molecule has 0 atom stereocenters. The van der Waals surface area contributed by atoms with Crippen LogP contribution in [0.25, 0.3) is 0 Å². The van der Waals surface area contributed by atoms with Crippen LogP contribution in [0.15, 0.2) is 36.7 Å². The van der Waals surface area contributed by atoms with E-state index in [4.69, 9.17) is 9.47 Å². The summed E-state index contributed by atoms with van der Waals surface area (Å²) >= 11 is 0. The van der Waals surface area contributed by atoms with Gasteiger partial charge in [0.25, 0.3) is 5.91 Å². The van der Waals surface area contributed by atoms with Crippen molar-refractivity contribution >= 4 is 11.7 Å². The fraction of sp³-hybridized carbons (Fsp3) is 0.450. The average Bonchev–Trinajstić information content (AvgIpc) is 3.18. The molecule has 2 saturated heterocycles. The number of rotatable bonds is 5. The number of benzene rings is 1. The molecule has 4 rings (SSSR count). The molecule has 28 heavy (non-hydrogen) atoms. The minimum Gasteiger partial charge on any atom is -0.370 e. The zero-order valence-electron chi connectivity index (χ0n) is 15.6. The molecular formula is C20H23FN4O3. The van der Waals surface area contributed by atoms with Gasteiger partial charge in [-0.1, -0.05) is 12.1 Å². The van der Waals surface area contributed by atoms with Crippen molar-refractivity contribution in [2.24, 2.45) is 0 Å². The van der Waals surface area contributed by atoms with Crippen molar-refractivity contribution in [1.82, 2.24) is 14.9 Å². The molecule has 0 unspecified atom stereocenters. The van der Waals surface area contributed by atoms with Crippen LogP contribution < -0.4 is 5.32 Å². The van der Waals surface area contributed by atoms with E-state index in [1.165, 1.54) is 18.5 Å². The highest BCUT2D eigenvalue weighted by Gasteiger charge is 2.41. The van der Waals surface area contributed by atoms with E-state index in [1.54, 1.807) is 23.1 Å². The molecule has 2 aliphatic heterocycles. The number of nitrogens with zero attached hydrogens (tertiary/aromatic N) is 3. The summed E-state index contributed by atoms with van der Waals surface area (Å²) in [5, 5.41) is 3.19. The Morgan fingerprint density at radius 3 is 2.57 bits per heavy atom. The Hall–Kier alpha value is -2.58. The molecule has 2 aromatic rings. The maximum Gasteiger partial charge on any atom is 0.272 e. The number of hydrogen-bond acceptors (Lipinski definition) is 6. The van der Waals surface area contributed by atoms with E-state index in [-0.39, 0.29) is 11.7 Å². The van der Waals surface area contributed by atoms with Crippen LogP contribution in [0, 0.1) is 5.82 Å². The summed E-state index contributed by atoms with van der Waals surface area (Å²) in [5.41, 5.74) is 1.39. The molecule has 0 radical (unpaired) electrons. The van der Waals surface area contributed by atoms with Gasteiger partial charge in [-0.05, 0) is 24.1 Å². The van der Waals surface area contributed by atoms with Crippen LogP contribution in [0.2, 0.25) is 0 Å². The van der Waals surface area contributed by atoms with Crippen LogP contribution in [0.4, 0.5) is 10.2 Å². The molecule has 7 nitrogen and oxygen atoms in total. The normalized spacial score (nSPS) is 18.4. The van der Waals surface area contributed by atoms with Crippen molar-refractivity contribution in [2.45, 2.75) is 25.0 Å². The zero-order valence-corrected chi connectivity index (χ0v) is 15.6. The fourth-order valence-corrected chi connectivity index (χ4v) is 3.56. The molecule has 1 spiro atoms. The molecule has 2 aliphatic rings. The monoisotopic (exact) mass is 386 g/mol. The number of hydrogen-bond donors (Lipinski definition) is 1. The van der Waals surface area contributed by atoms with E-state index >= 15 is 0 Å². The topological polar surface area (TPSA) is 76.6 Å². The largest absolute Gasteiger partial charge is 0.370 e. The van der Waals surface area contributed by atoms with E-state index < -0.39 is 5.79 Å². The first-order valence-electron chi connectivity index (χ1n) is 9.51. The summed E-state index contributed by atoms with van der Waals surface area (Å²) < 4.78 is 24.4. The number of halogens is 1. The van der Waals surface area contributed by atoms with Crippen molar-refractivity contribution in [3.8, 4) is 0 Å². The second-order valence-corrected chi connectivity index (χ2v) is 6.99. The molecule has 1 N–H and O–H groups in total. The van der Waals surface area contributed by atoms with E-state index in [0.29, 0.717) is 57.2 Å². The number of likely N-dealkylation sites (tertiary alicyclic amines) is 1. The predicted molar refractivity (Wildman–Crippen MR) is 100 cm³/mol. The lowest BCUT2D eigenvalue weighted by Gasteiger charge is -2.37. The standard InChI is InChI=1S/C20H23FN4O3/c21-16-3-1-15(2-4-16)5-8-22-18-13-17(23-14-24-18)19(26)25-9-6-20(7-10-25)27-11-12-28-20/h1-4,13-14H,5-12H2,(H,22,23,24). The summed E-state index contributed by atoms with van der Waals surface area (Å²) in [7, 11) is 0. The third-order valence-corrected chi connectivity index (χ3v) is 5.15. The molecule has 0 bridgehead atoms. The lowest BCUT2D eigenvalue weighted by molar-refractivity contribution is -0.181. The van der Waals surface area contributed by atoms with E-state index in [2.05, 4.69) is 15.3 Å².